The normalized spacial score (nSPS) is 10.3. The van der Waals surface area contributed by atoms with Crippen molar-refractivity contribution in [1.82, 2.24) is 0 Å². The van der Waals surface area contributed by atoms with Crippen LogP contribution in [0, 0.1) is 0 Å². The summed E-state index contributed by atoms with van der Waals surface area (Å²) in [5.74, 6) is 0.356. The molecule has 0 bridgehead atoms. The van der Waals surface area contributed by atoms with Crippen molar-refractivity contribution in [3.63, 3.8) is 0 Å². The van der Waals surface area contributed by atoms with Crippen LogP contribution in [-0.4, -0.2) is 29.7 Å². The van der Waals surface area contributed by atoms with Crippen molar-refractivity contribution in [3.05, 3.63) is 59.7 Å². The molecule has 0 aliphatic heterocycles. The summed E-state index contributed by atoms with van der Waals surface area (Å²) < 4.78 is 10.6. The van der Waals surface area contributed by atoms with Crippen LogP contribution in [0.4, 0.5) is 0 Å². The highest BCUT2D eigenvalue weighted by Crippen LogP contribution is 2.29. The number of Topliss-reactive ketones (excluding diaryl/α,β-unsaturated/α-hetero) is 1. The van der Waals surface area contributed by atoms with Crippen molar-refractivity contribution >= 4 is 11.5 Å². The van der Waals surface area contributed by atoms with Crippen molar-refractivity contribution in [2.75, 3.05) is 13.7 Å². The lowest BCUT2D eigenvalue weighted by molar-refractivity contribution is 0.0918. The number of carbonyl (C=O) groups is 1. The molecular weight excluding hydrogens is 320 g/mol. The molecule has 0 aliphatic carbocycles. The van der Waals surface area contributed by atoms with Gasteiger partial charge in [-0.1, -0.05) is 32.1 Å². The lowest BCUT2D eigenvalue weighted by Crippen LogP contribution is -2.12. The summed E-state index contributed by atoms with van der Waals surface area (Å²) in [5, 5.41) is 19.8. The zero-order valence-electron chi connectivity index (χ0n) is 14.4. The van der Waals surface area contributed by atoms with Crippen molar-refractivity contribution in [3.8, 4) is 17.2 Å². The van der Waals surface area contributed by atoms with Crippen LogP contribution in [0.1, 0.15) is 34.8 Å². The summed E-state index contributed by atoms with van der Waals surface area (Å²) in [6, 6.07) is 9.75. The number of rotatable bonds is 8. The van der Waals surface area contributed by atoms with Crippen LogP contribution >= 0.6 is 0 Å². The second-order valence-corrected chi connectivity index (χ2v) is 5.62. The van der Waals surface area contributed by atoms with Crippen LogP contribution in [0.25, 0.3) is 5.76 Å². The van der Waals surface area contributed by atoms with E-state index in [1.165, 1.54) is 19.2 Å². The molecule has 2 aromatic rings. The summed E-state index contributed by atoms with van der Waals surface area (Å²) in [6.45, 7) is 5.51. The van der Waals surface area contributed by atoms with Gasteiger partial charge in [-0.15, -0.1) is 0 Å². The maximum absolute atomic E-state index is 12.4. The number of carbonyl (C=O) groups excluding carboxylic acids is 1. The fourth-order valence-corrected chi connectivity index (χ4v) is 2.42. The molecule has 25 heavy (non-hydrogen) atoms. The van der Waals surface area contributed by atoms with Crippen LogP contribution in [0.5, 0.6) is 17.2 Å². The van der Waals surface area contributed by atoms with Crippen molar-refractivity contribution < 1.29 is 24.5 Å². The second kappa shape index (κ2) is 8.24. The van der Waals surface area contributed by atoms with E-state index in [4.69, 9.17) is 9.47 Å². The van der Waals surface area contributed by atoms with Gasteiger partial charge in [0.25, 0.3) is 0 Å². The molecule has 2 aromatic carbocycles. The molecule has 0 amide bonds. The Morgan fingerprint density at radius 3 is 2.60 bits per heavy atom. The number of phenols is 2. The Morgan fingerprint density at radius 1 is 1.16 bits per heavy atom. The maximum Gasteiger partial charge on any atom is 0.203 e. The number of phenolic OH excluding ortho intramolecular Hbond substituents is 2. The Balaban J connectivity index is 2.13. The van der Waals surface area contributed by atoms with Crippen molar-refractivity contribution in [2.24, 2.45) is 0 Å². The van der Waals surface area contributed by atoms with E-state index in [0.717, 1.165) is 12.0 Å². The van der Waals surface area contributed by atoms with Gasteiger partial charge in [0.15, 0.2) is 6.61 Å². The highest BCUT2D eigenvalue weighted by atomic mass is 16.5. The third-order valence-corrected chi connectivity index (χ3v) is 3.79. The summed E-state index contributed by atoms with van der Waals surface area (Å²) >= 11 is 0. The molecule has 0 radical (unpaired) electrons. The van der Waals surface area contributed by atoms with Crippen LogP contribution < -0.4 is 4.74 Å². The van der Waals surface area contributed by atoms with E-state index >= 15 is 0 Å². The van der Waals surface area contributed by atoms with E-state index in [9.17, 15) is 15.0 Å². The van der Waals surface area contributed by atoms with Gasteiger partial charge < -0.3 is 19.7 Å². The Bertz CT molecular complexity index is 780. The SMILES string of the molecule is C=C(OC)c1cccc(OCC(=O)c2cc(CCC)c(O)cc2O)c1. The van der Waals surface area contributed by atoms with E-state index in [1.807, 2.05) is 13.0 Å². The van der Waals surface area contributed by atoms with Crippen LogP contribution in [0.15, 0.2) is 43.0 Å². The molecule has 0 aliphatic rings. The van der Waals surface area contributed by atoms with E-state index in [0.29, 0.717) is 23.5 Å². The number of hydrogen-bond acceptors (Lipinski definition) is 5. The molecule has 0 atom stereocenters. The highest BCUT2D eigenvalue weighted by Gasteiger charge is 2.16. The minimum absolute atomic E-state index is 0.0115. The molecule has 2 rings (SSSR count). The Hall–Kier alpha value is -2.95. The van der Waals surface area contributed by atoms with E-state index in [1.54, 1.807) is 18.2 Å². The first kappa shape index (κ1) is 18.4. The van der Waals surface area contributed by atoms with Gasteiger partial charge in [0.05, 0.1) is 12.7 Å². The number of benzene rings is 2. The Morgan fingerprint density at radius 2 is 1.92 bits per heavy atom. The van der Waals surface area contributed by atoms with Gasteiger partial charge in [-0.2, -0.15) is 0 Å². The zero-order chi connectivity index (χ0) is 18.4. The number of ketones is 1. The molecule has 0 fully saturated rings. The van der Waals surface area contributed by atoms with E-state index in [2.05, 4.69) is 6.58 Å². The van der Waals surface area contributed by atoms with Gasteiger partial charge in [-0.3, -0.25) is 4.79 Å². The second-order valence-electron chi connectivity index (χ2n) is 5.62. The number of hydrogen-bond donors (Lipinski definition) is 2. The summed E-state index contributed by atoms with van der Waals surface area (Å²) in [5.41, 5.74) is 1.52. The smallest absolute Gasteiger partial charge is 0.203 e. The van der Waals surface area contributed by atoms with Crippen LogP contribution in [-0.2, 0) is 11.2 Å². The van der Waals surface area contributed by atoms with Gasteiger partial charge in [-0.25, -0.2) is 0 Å². The largest absolute Gasteiger partial charge is 0.508 e. The molecule has 0 unspecified atom stereocenters. The topological polar surface area (TPSA) is 76.0 Å². The molecule has 132 valence electrons. The standard InChI is InChI=1S/C20H22O5/c1-4-6-15-10-17(19(22)11-18(15)21)20(23)12-25-16-8-5-7-14(9-16)13(2)24-3/h5,7-11,21-22H,2,4,6,12H2,1,3H3. The summed E-state index contributed by atoms with van der Waals surface area (Å²) in [6.07, 6.45) is 1.44. The number of aromatic hydroxyl groups is 2. The predicted molar refractivity (Wildman–Crippen MR) is 96.1 cm³/mol. The van der Waals surface area contributed by atoms with Crippen molar-refractivity contribution in [2.45, 2.75) is 19.8 Å². The molecule has 5 nitrogen and oxygen atoms in total. The monoisotopic (exact) mass is 342 g/mol. The first-order valence-electron chi connectivity index (χ1n) is 8.00. The van der Waals surface area contributed by atoms with Crippen LogP contribution in [0.3, 0.4) is 0 Å². The van der Waals surface area contributed by atoms with Gasteiger partial charge in [0.2, 0.25) is 5.78 Å². The zero-order valence-corrected chi connectivity index (χ0v) is 14.4. The molecule has 0 saturated heterocycles. The first-order valence-corrected chi connectivity index (χ1v) is 8.00. The molecule has 0 aromatic heterocycles. The number of methoxy groups -OCH3 is 1. The third-order valence-electron chi connectivity index (χ3n) is 3.79. The molecule has 0 heterocycles. The van der Waals surface area contributed by atoms with Crippen molar-refractivity contribution in [1.29, 1.82) is 0 Å². The maximum atomic E-state index is 12.4. The molecule has 0 saturated carbocycles. The number of aryl methyl sites for hydroxylation is 1. The Labute approximate surface area is 147 Å². The molecule has 2 N–H and O–H groups in total. The minimum atomic E-state index is -0.370. The molecular formula is C20H22O5. The van der Waals surface area contributed by atoms with Gasteiger partial charge in [0, 0.05) is 11.6 Å². The van der Waals surface area contributed by atoms with E-state index in [-0.39, 0.29) is 29.5 Å². The average molecular weight is 342 g/mol. The summed E-state index contributed by atoms with van der Waals surface area (Å²) in [7, 11) is 1.53. The lowest BCUT2D eigenvalue weighted by atomic mass is 10.0. The van der Waals surface area contributed by atoms with E-state index < -0.39 is 0 Å². The fourth-order valence-electron chi connectivity index (χ4n) is 2.42. The quantitative estimate of drug-likeness (QED) is 0.561. The average Bonchev–Trinajstić information content (AvgIpc) is 2.61. The minimum Gasteiger partial charge on any atom is -0.508 e. The lowest BCUT2D eigenvalue weighted by Gasteiger charge is -2.11. The fraction of sp³-hybridized carbons (Fsp3) is 0.250. The highest BCUT2D eigenvalue weighted by molar-refractivity contribution is 6.00. The van der Waals surface area contributed by atoms with Gasteiger partial charge >= 0.3 is 0 Å². The Kier molecular flexibility index (Phi) is 6.06. The summed E-state index contributed by atoms with van der Waals surface area (Å²) in [4.78, 5) is 12.4. The third kappa shape index (κ3) is 4.53. The first-order chi connectivity index (χ1) is 12.0. The van der Waals surface area contributed by atoms with Crippen LogP contribution in [0.2, 0.25) is 0 Å². The van der Waals surface area contributed by atoms with Gasteiger partial charge in [0.1, 0.15) is 23.0 Å². The number of ether oxygens (including phenoxy) is 2. The van der Waals surface area contributed by atoms with Gasteiger partial charge in [-0.05, 0) is 30.2 Å². The molecule has 5 heteroatoms. The molecule has 0 spiro atoms. The predicted octanol–water partition coefficient (Wildman–Crippen LogP) is 3.93.